The Labute approximate surface area is 122 Å². The molecule has 0 aliphatic heterocycles. The van der Waals surface area contributed by atoms with Crippen molar-refractivity contribution in [3.8, 4) is 0 Å². The number of hydrogen-bond donors (Lipinski definition) is 2. The summed E-state index contributed by atoms with van der Waals surface area (Å²) in [5.74, 6) is 5.61. The Morgan fingerprint density at radius 3 is 2.74 bits per heavy atom. The second-order valence-corrected chi connectivity index (χ2v) is 5.12. The van der Waals surface area contributed by atoms with E-state index in [0.717, 1.165) is 17.8 Å². The smallest absolute Gasteiger partial charge is 0.0950 e. The van der Waals surface area contributed by atoms with Gasteiger partial charge in [-0.3, -0.25) is 11.3 Å². The largest absolute Gasteiger partial charge is 0.337 e. The molecule has 2 aromatic rings. The molecule has 1 atom stereocenters. The lowest BCUT2D eigenvalue weighted by molar-refractivity contribution is 0.539. The Hall–Kier alpha value is -1.07. The molecule has 1 aromatic heterocycles. The van der Waals surface area contributed by atoms with Gasteiger partial charge in [-0.05, 0) is 31.0 Å². The predicted octanol–water partition coefficient (Wildman–Crippen LogP) is 2.96. The lowest BCUT2D eigenvalue weighted by Crippen LogP contribution is -2.29. The van der Waals surface area contributed by atoms with Crippen LogP contribution < -0.4 is 11.3 Å². The van der Waals surface area contributed by atoms with E-state index < -0.39 is 0 Å². The minimum atomic E-state index is -0.0509. The standard InChI is InChI=1S/C13H16Cl2N4/c1-2-19-7-13(17-8-19)12(18-16)6-9-3-4-10(14)11(15)5-9/h3-5,7-8,12,18H,2,6,16H2,1H3. The normalized spacial score (nSPS) is 12.6. The Bertz CT molecular complexity index is 553. The highest BCUT2D eigenvalue weighted by Gasteiger charge is 2.14. The molecule has 102 valence electrons. The van der Waals surface area contributed by atoms with E-state index in [1.807, 2.05) is 22.9 Å². The summed E-state index contributed by atoms with van der Waals surface area (Å²) in [5.41, 5.74) is 4.76. The van der Waals surface area contributed by atoms with E-state index in [1.165, 1.54) is 0 Å². The van der Waals surface area contributed by atoms with Crippen LogP contribution in [-0.4, -0.2) is 9.55 Å². The molecule has 3 N–H and O–H groups in total. The number of nitrogens with two attached hydrogens (primary N) is 1. The Morgan fingerprint density at radius 1 is 1.37 bits per heavy atom. The maximum absolute atomic E-state index is 6.01. The molecule has 2 rings (SSSR count). The molecule has 0 aliphatic rings. The molecule has 0 aliphatic carbocycles. The number of halogens is 2. The van der Waals surface area contributed by atoms with Crippen LogP contribution in [0.1, 0.15) is 24.2 Å². The van der Waals surface area contributed by atoms with E-state index in [9.17, 15) is 0 Å². The van der Waals surface area contributed by atoms with Gasteiger partial charge in [0.05, 0.1) is 28.1 Å². The summed E-state index contributed by atoms with van der Waals surface area (Å²) in [6.45, 7) is 2.95. The zero-order valence-corrected chi connectivity index (χ0v) is 12.1. The molecule has 6 heteroatoms. The number of nitrogens with zero attached hydrogens (tertiary/aromatic N) is 2. The number of aromatic nitrogens is 2. The summed E-state index contributed by atoms with van der Waals surface area (Å²) in [7, 11) is 0. The first-order valence-electron chi connectivity index (χ1n) is 6.05. The number of benzene rings is 1. The van der Waals surface area contributed by atoms with Crippen molar-refractivity contribution in [2.45, 2.75) is 25.9 Å². The van der Waals surface area contributed by atoms with Gasteiger partial charge in [0, 0.05) is 12.7 Å². The first-order chi connectivity index (χ1) is 9.13. The maximum Gasteiger partial charge on any atom is 0.0950 e. The molecule has 0 amide bonds. The van der Waals surface area contributed by atoms with E-state index in [-0.39, 0.29) is 6.04 Å². The molecule has 0 saturated carbocycles. The van der Waals surface area contributed by atoms with Crippen molar-refractivity contribution in [2.75, 3.05) is 0 Å². The van der Waals surface area contributed by atoms with Crippen molar-refractivity contribution in [1.29, 1.82) is 0 Å². The van der Waals surface area contributed by atoms with Gasteiger partial charge in [0.1, 0.15) is 0 Å². The third kappa shape index (κ3) is 3.48. The third-order valence-corrected chi connectivity index (χ3v) is 3.74. The third-order valence-electron chi connectivity index (χ3n) is 3.00. The quantitative estimate of drug-likeness (QED) is 0.659. The summed E-state index contributed by atoms with van der Waals surface area (Å²) in [5, 5.41) is 1.10. The van der Waals surface area contributed by atoms with Crippen molar-refractivity contribution in [1.82, 2.24) is 15.0 Å². The number of aryl methyl sites for hydroxylation is 1. The fraction of sp³-hybridized carbons (Fsp3) is 0.308. The molecule has 1 aromatic carbocycles. The molecule has 1 heterocycles. The highest BCUT2D eigenvalue weighted by molar-refractivity contribution is 6.42. The van der Waals surface area contributed by atoms with Gasteiger partial charge in [0.25, 0.3) is 0 Å². The number of imidazole rings is 1. The van der Waals surface area contributed by atoms with Crippen molar-refractivity contribution < 1.29 is 0 Å². The van der Waals surface area contributed by atoms with Crippen LogP contribution in [0.25, 0.3) is 0 Å². The van der Waals surface area contributed by atoms with Gasteiger partial charge in [-0.1, -0.05) is 29.3 Å². The van der Waals surface area contributed by atoms with Crippen LogP contribution in [0.2, 0.25) is 10.0 Å². The minimum Gasteiger partial charge on any atom is -0.337 e. The van der Waals surface area contributed by atoms with E-state index in [2.05, 4.69) is 17.3 Å². The lowest BCUT2D eigenvalue weighted by Gasteiger charge is -2.14. The molecule has 0 saturated heterocycles. The maximum atomic E-state index is 6.01. The zero-order chi connectivity index (χ0) is 13.8. The van der Waals surface area contributed by atoms with Gasteiger partial charge in [-0.25, -0.2) is 4.98 Å². The summed E-state index contributed by atoms with van der Waals surface area (Å²) in [6, 6.07) is 5.53. The predicted molar refractivity (Wildman–Crippen MR) is 78.1 cm³/mol. The summed E-state index contributed by atoms with van der Waals surface area (Å²) in [4.78, 5) is 4.36. The van der Waals surface area contributed by atoms with Gasteiger partial charge in [0.15, 0.2) is 0 Å². The monoisotopic (exact) mass is 298 g/mol. The number of rotatable bonds is 5. The van der Waals surface area contributed by atoms with E-state index in [4.69, 9.17) is 29.0 Å². The lowest BCUT2D eigenvalue weighted by atomic mass is 10.0. The fourth-order valence-electron chi connectivity index (χ4n) is 1.88. The molecular weight excluding hydrogens is 283 g/mol. The molecular formula is C13H16Cl2N4. The van der Waals surface area contributed by atoms with Crippen molar-refractivity contribution in [3.63, 3.8) is 0 Å². The van der Waals surface area contributed by atoms with Gasteiger partial charge < -0.3 is 4.57 Å². The number of hydrazine groups is 1. The van der Waals surface area contributed by atoms with Crippen LogP contribution in [0, 0.1) is 0 Å². The van der Waals surface area contributed by atoms with Crippen LogP contribution in [0.4, 0.5) is 0 Å². The van der Waals surface area contributed by atoms with Gasteiger partial charge in [-0.2, -0.15) is 0 Å². The van der Waals surface area contributed by atoms with Crippen LogP contribution in [0.15, 0.2) is 30.7 Å². The van der Waals surface area contributed by atoms with E-state index in [0.29, 0.717) is 16.5 Å². The Morgan fingerprint density at radius 2 is 2.16 bits per heavy atom. The molecule has 4 nitrogen and oxygen atoms in total. The fourth-order valence-corrected chi connectivity index (χ4v) is 2.20. The summed E-state index contributed by atoms with van der Waals surface area (Å²) < 4.78 is 2.01. The first-order valence-corrected chi connectivity index (χ1v) is 6.81. The zero-order valence-electron chi connectivity index (χ0n) is 10.6. The molecule has 0 spiro atoms. The van der Waals surface area contributed by atoms with Crippen LogP contribution in [-0.2, 0) is 13.0 Å². The van der Waals surface area contributed by atoms with Crippen LogP contribution in [0.3, 0.4) is 0 Å². The second-order valence-electron chi connectivity index (χ2n) is 4.30. The second kappa shape index (κ2) is 6.39. The Balaban J connectivity index is 2.16. The molecule has 0 radical (unpaired) electrons. The topological polar surface area (TPSA) is 55.9 Å². The van der Waals surface area contributed by atoms with Crippen molar-refractivity contribution >= 4 is 23.2 Å². The van der Waals surface area contributed by atoms with E-state index >= 15 is 0 Å². The molecule has 19 heavy (non-hydrogen) atoms. The summed E-state index contributed by atoms with van der Waals surface area (Å²) >= 11 is 11.9. The van der Waals surface area contributed by atoms with E-state index in [1.54, 1.807) is 12.4 Å². The van der Waals surface area contributed by atoms with Gasteiger partial charge >= 0.3 is 0 Å². The summed E-state index contributed by atoms with van der Waals surface area (Å²) in [6.07, 6.45) is 4.49. The highest BCUT2D eigenvalue weighted by atomic mass is 35.5. The van der Waals surface area contributed by atoms with Crippen LogP contribution >= 0.6 is 23.2 Å². The minimum absolute atomic E-state index is 0.0509. The molecule has 0 fully saturated rings. The van der Waals surface area contributed by atoms with Gasteiger partial charge in [0.2, 0.25) is 0 Å². The Kier molecular flexibility index (Phi) is 4.82. The number of hydrogen-bond acceptors (Lipinski definition) is 3. The average Bonchev–Trinajstić information content (AvgIpc) is 2.88. The molecule has 1 unspecified atom stereocenters. The average molecular weight is 299 g/mol. The SMILES string of the molecule is CCn1cnc(C(Cc2ccc(Cl)c(Cl)c2)NN)c1. The van der Waals surface area contributed by atoms with Crippen molar-refractivity contribution in [3.05, 3.63) is 52.0 Å². The first kappa shape index (κ1) is 14.3. The molecule has 0 bridgehead atoms. The van der Waals surface area contributed by atoms with Crippen LogP contribution in [0.5, 0.6) is 0 Å². The number of nitrogens with one attached hydrogen (secondary N) is 1. The highest BCUT2D eigenvalue weighted by Crippen LogP contribution is 2.25. The van der Waals surface area contributed by atoms with Gasteiger partial charge in [-0.15, -0.1) is 0 Å². The van der Waals surface area contributed by atoms with Crippen molar-refractivity contribution in [2.24, 2.45) is 5.84 Å².